The highest BCUT2D eigenvalue weighted by Gasteiger charge is 2.26. The maximum absolute atomic E-state index is 11.9. The minimum atomic E-state index is -1.16. The third-order valence-corrected chi connectivity index (χ3v) is 4.35. The van der Waals surface area contributed by atoms with Crippen molar-refractivity contribution in [2.45, 2.75) is 57.2 Å². The molecule has 5 N–H and O–H groups in total. The molecule has 0 saturated heterocycles. The molecule has 1 saturated carbocycles. The van der Waals surface area contributed by atoms with Crippen LogP contribution in [0, 0.1) is 5.92 Å². The van der Waals surface area contributed by atoms with Gasteiger partial charge < -0.3 is 10.8 Å². The summed E-state index contributed by atoms with van der Waals surface area (Å²) in [6, 6.07) is 9.24. The number of amides is 1. The summed E-state index contributed by atoms with van der Waals surface area (Å²) in [6.45, 7) is 0.511. The van der Waals surface area contributed by atoms with Crippen LogP contribution in [0.5, 0.6) is 0 Å². The topological polar surface area (TPSA) is 87.4 Å². The summed E-state index contributed by atoms with van der Waals surface area (Å²) in [5.74, 6) is 0.0859. The number of aliphatic hydroxyl groups is 1. The number of nitrogens with two attached hydrogens (primary N) is 1. The van der Waals surface area contributed by atoms with E-state index in [1.54, 1.807) is 0 Å². The second-order valence-electron chi connectivity index (χ2n) is 6.18. The standard InChI is InChI=1S/C17H27N3O2/c18-15(11-13-7-3-1-4-8-13)16(21)17(22)20-19-12-14-9-5-2-6-10-14/h2,5-6,9-10,13,15-16,19,21H,1,3-4,7-8,11-12,18H2,(H,20,22). The molecule has 1 fully saturated rings. The fourth-order valence-corrected chi connectivity index (χ4v) is 3.03. The van der Waals surface area contributed by atoms with Crippen molar-refractivity contribution >= 4 is 5.91 Å². The summed E-state index contributed by atoms with van der Waals surface area (Å²) in [7, 11) is 0. The first-order chi connectivity index (χ1) is 10.7. The maximum Gasteiger partial charge on any atom is 0.264 e. The van der Waals surface area contributed by atoms with E-state index in [1.807, 2.05) is 30.3 Å². The van der Waals surface area contributed by atoms with Crippen LogP contribution >= 0.6 is 0 Å². The van der Waals surface area contributed by atoms with Crippen LogP contribution in [0.3, 0.4) is 0 Å². The van der Waals surface area contributed by atoms with Gasteiger partial charge in [-0.2, -0.15) is 0 Å². The van der Waals surface area contributed by atoms with Gasteiger partial charge in [-0.15, -0.1) is 0 Å². The van der Waals surface area contributed by atoms with Gasteiger partial charge >= 0.3 is 0 Å². The van der Waals surface area contributed by atoms with Crippen molar-refractivity contribution in [3.05, 3.63) is 35.9 Å². The number of benzene rings is 1. The first-order valence-electron chi connectivity index (χ1n) is 8.17. The second-order valence-corrected chi connectivity index (χ2v) is 6.18. The Bertz CT molecular complexity index is 446. The molecule has 1 aromatic rings. The average molecular weight is 305 g/mol. The second kappa shape index (κ2) is 8.88. The average Bonchev–Trinajstić information content (AvgIpc) is 2.56. The van der Waals surface area contributed by atoms with Crippen molar-refractivity contribution < 1.29 is 9.90 Å². The fourth-order valence-electron chi connectivity index (χ4n) is 3.03. The fraction of sp³-hybridized carbons (Fsp3) is 0.588. The van der Waals surface area contributed by atoms with Gasteiger partial charge in [0.1, 0.15) is 6.10 Å². The Kier molecular flexibility index (Phi) is 6.83. The van der Waals surface area contributed by atoms with E-state index in [1.165, 1.54) is 19.3 Å². The molecule has 2 rings (SSSR count). The largest absolute Gasteiger partial charge is 0.382 e. The monoisotopic (exact) mass is 305 g/mol. The minimum Gasteiger partial charge on any atom is -0.382 e. The van der Waals surface area contributed by atoms with Gasteiger partial charge in [0, 0.05) is 12.6 Å². The van der Waals surface area contributed by atoms with E-state index >= 15 is 0 Å². The molecule has 5 heteroatoms. The van der Waals surface area contributed by atoms with Crippen LogP contribution in [0.25, 0.3) is 0 Å². The lowest BCUT2D eigenvalue weighted by atomic mass is 9.84. The summed E-state index contributed by atoms with van der Waals surface area (Å²) in [6.07, 6.45) is 5.63. The van der Waals surface area contributed by atoms with Gasteiger partial charge in [-0.1, -0.05) is 62.4 Å². The van der Waals surface area contributed by atoms with Gasteiger partial charge in [0.15, 0.2) is 0 Å². The molecule has 22 heavy (non-hydrogen) atoms. The highest BCUT2D eigenvalue weighted by molar-refractivity contribution is 5.80. The van der Waals surface area contributed by atoms with E-state index in [4.69, 9.17) is 5.73 Å². The van der Waals surface area contributed by atoms with E-state index in [0.717, 1.165) is 18.4 Å². The van der Waals surface area contributed by atoms with E-state index < -0.39 is 18.1 Å². The van der Waals surface area contributed by atoms with Crippen molar-refractivity contribution in [1.29, 1.82) is 0 Å². The molecule has 5 nitrogen and oxygen atoms in total. The summed E-state index contributed by atoms with van der Waals surface area (Å²) in [5.41, 5.74) is 12.4. The molecule has 2 atom stereocenters. The van der Waals surface area contributed by atoms with Gasteiger partial charge in [-0.3, -0.25) is 10.2 Å². The Balaban J connectivity index is 1.69. The van der Waals surface area contributed by atoms with Gasteiger partial charge in [-0.05, 0) is 17.9 Å². The number of carbonyl (C=O) groups excluding carboxylic acids is 1. The van der Waals surface area contributed by atoms with E-state index in [0.29, 0.717) is 18.9 Å². The molecule has 0 heterocycles. The first-order valence-corrected chi connectivity index (χ1v) is 8.17. The quantitative estimate of drug-likeness (QED) is 0.575. The minimum absolute atomic E-state index is 0.459. The molecule has 122 valence electrons. The Hall–Kier alpha value is -1.43. The number of aliphatic hydroxyl groups excluding tert-OH is 1. The van der Waals surface area contributed by atoms with Crippen molar-refractivity contribution in [3.63, 3.8) is 0 Å². The van der Waals surface area contributed by atoms with Crippen LogP contribution in [-0.2, 0) is 11.3 Å². The van der Waals surface area contributed by atoms with Crippen LogP contribution < -0.4 is 16.6 Å². The summed E-state index contributed by atoms with van der Waals surface area (Å²) in [5, 5.41) is 10.0. The van der Waals surface area contributed by atoms with Crippen LogP contribution in [0.4, 0.5) is 0 Å². The lowest BCUT2D eigenvalue weighted by molar-refractivity contribution is -0.131. The third-order valence-electron chi connectivity index (χ3n) is 4.35. The Labute approximate surface area is 132 Å². The predicted molar refractivity (Wildman–Crippen MR) is 86.6 cm³/mol. The maximum atomic E-state index is 11.9. The zero-order valence-electron chi connectivity index (χ0n) is 13.0. The SMILES string of the molecule is NC(CC1CCCCC1)C(O)C(=O)NNCc1ccccc1. The lowest BCUT2D eigenvalue weighted by Gasteiger charge is -2.26. The molecule has 1 aromatic carbocycles. The molecule has 0 radical (unpaired) electrons. The normalized spacial score (nSPS) is 18.6. The molecule has 0 bridgehead atoms. The van der Waals surface area contributed by atoms with Crippen LogP contribution in [0.1, 0.15) is 44.1 Å². The van der Waals surface area contributed by atoms with Crippen molar-refractivity contribution in [2.24, 2.45) is 11.7 Å². The molecule has 2 unspecified atom stereocenters. The summed E-state index contributed by atoms with van der Waals surface area (Å²) >= 11 is 0. The van der Waals surface area contributed by atoms with Crippen molar-refractivity contribution in [1.82, 2.24) is 10.9 Å². The number of hydrogen-bond donors (Lipinski definition) is 4. The van der Waals surface area contributed by atoms with Gasteiger partial charge in [0.25, 0.3) is 5.91 Å². The molecular formula is C17H27N3O2. The molecule has 0 aliphatic heterocycles. The number of nitrogens with one attached hydrogen (secondary N) is 2. The number of carbonyl (C=O) groups is 1. The third kappa shape index (κ3) is 5.40. The Morgan fingerprint density at radius 1 is 1.23 bits per heavy atom. The predicted octanol–water partition coefficient (Wildman–Crippen LogP) is 1.47. The number of hydrazine groups is 1. The molecule has 1 aliphatic rings. The van der Waals surface area contributed by atoms with E-state index in [9.17, 15) is 9.90 Å². The molecule has 1 amide bonds. The smallest absolute Gasteiger partial charge is 0.264 e. The van der Waals surface area contributed by atoms with E-state index in [-0.39, 0.29) is 0 Å². The number of hydrogen-bond acceptors (Lipinski definition) is 4. The molecular weight excluding hydrogens is 278 g/mol. The highest BCUT2D eigenvalue weighted by Crippen LogP contribution is 2.27. The van der Waals surface area contributed by atoms with Gasteiger partial charge in [-0.25, -0.2) is 5.43 Å². The van der Waals surface area contributed by atoms with Crippen molar-refractivity contribution in [2.75, 3.05) is 0 Å². The number of rotatable bonds is 7. The van der Waals surface area contributed by atoms with Gasteiger partial charge in [0.05, 0.1) is 0 Å². The first kappa shape index (κ1) is 16.9. The van der Waals surface area contributed by atoms with Gasteiger partial charge in [0.2, 0.25) is 0 Å². The molecule has 1 aliphatic carbocycles. The summed E-state index contributed by atoms with van der Waals surface area (Å²) in [4.78, 5) is 11.9. The Morgan fingerprint density at radius 2 is 1.91 bits per heavy atom. The van der Waals surface area contributed by atoms with Crippen LogP contribution in [0.15, 0.2) is 30.3 Å². The van der Waals surface area contributed by atoms with Crippen molar-refractivity contribution in [3.8, 4) is 0 Å². The Morgan fingerprint density at radius 3 is 2.59 bits per heavy atom. The van der Waals surface area contributed by atoms with E-state index in [2.05, 4.69) is 10.9 Å². The van der Waals surface area contributed by atoms with Crippen LogP contribution in [-0.4, -0.2) is 23.2 Å². The zero-order chi connectivity index (χ0) is 15.8. The van der Waals surface area contributed by atoms with Crippen LogP contribution in [0.2, 0.25) is 0 Å². The molecule has 0 aromatic heterocycles. The highest BCUT2D eigenvalue weighted by atomic mass is 16.3. The lowest BCUT2D eigenvalue weighted by Crippen LogP contribution is -2.50. The zero-order valence-corrected chi connectivity index (χ0v) is 13.0. The molecule has 0 spiro atoms. The summed E-state index contributed by atoms with van der Waals surface area (Å²) < 4.78 is 0.